The first kappa shape index (κ1) is 11.2. The fourth-order valence-electron chi connectivity index (χ4n) is 0.868. The third-order valence-corrected chi connectivity index (χ3v) is 2.25. The minimum absolute atomic E-state index is 0.294. The Labute approximate surface area is 88.2 Å². The summed E-state index contributed by atoms with van der Waals surface area (Å²) in [5, 5.41) is 0.294. The Hall–Kier alpha value is -0.870. The molecule has 0 amide bonds. The standard InChI is InChI=1S/C9H13ClN2O2/c1-9(2,14-4)8-11-5-6(13-3)7(10)12-8/h5H,1-4H3. The minimum Gasteiger partial charge on any atom is -0.492 e. The molecule has 4 nitrogen and oxygen atoms in total. The van der Waals surface area contributed by atoms with Crippen molar-refractivity contribution in [2.45, 2.75) is 19.4 Å². The zero-order valence-electron chi connectivity index (χ0n) is 8.67. The first-order chi connectivity index (χ1) is 6.51. The normalized spacial score (nSPS) is 11.5. The summed E-state index contributed by atoms with van der Waals surface area (Å²) in [5.74, 6) is 0.994. The van der Waals surface area contributed by atoms with Crippen molar-refractivity contribution in [1.29, 1.82) is 0 Å². The van der Waals surface area contributed by atoms with E-state index in [1.54, 1.807) is 7.11 Å². The first-order valence-electron chi connectivity index (χ1n) is 4.13. The lowest BCUT2D eigenvalue weighted by Gasteiger charge is -2.21. The van der Waals surface area contributed by atoms with Crippen molar-refractivity contribution < 1.29 is 9.47 Å². The number of methoxy groups -OCH3 is 2. The van der Waals surface area contributed by atoms with Gasteiger partial charge in [-0.05, 0) is 13.8 Å². The van der Waals surface area contributed by atoms with E-state index in [1.165, 1.54) is 13.3 Å². The summed E-state index contributed by atoms with van der Waals surface area (Å²) in [6.07, 6.45) is 1.53. The van der Waals surface area contributed by atoms with Crippen LogP contribution in [-0.2, 0) is 10.3 Å². The van der Waals surface area contributed by atoms with Gasteiger partial charge < -0.3 is 9.47 Å². The van der Waals surface area contributed by atoms with Crippen LogP contribution in [0.5, 0.6) is 5.75 Å². The number of rotatable bonds is 3. The molecular weight excluding hydrogens is 204 g/mol. The number of hydrogen-bond donors (Lipinski definition) is 0. The molecule has 0 aromatic carbocycles. The molecule has 5 heteroatoms. The molecule has 1 rings (SSSR count). The Bertz CT molecular complexity index is 329. The number of aromatic nitrogens is 2. The third kappa shape index (κ3) is 2.13. The zero-order valence-corrected chi connectivity index (χ0v) is 9.42. The maximum Gasteiger partial charge on any atom is 0.174 e. The molecule has 0 spiro atoms. The van der Waals surface area contributed by atoms with Crippen LogP contribution in [0.1, 0.15) is 19.7 Å². The van der Waals surface area contributed by atoms with Crippen LogP contribution in [0.2, 0.25) is 5.15 Å². The Morgan fingerprint density at radius 1 is 1.36 bits per heavy atom. The molecule has 0 unspecified atom stereocenters. The van der Waals surface area contributed by atoms with Crippen molar-refractivity contribution in [2.24, 2.45) is 0 Å². The second kappa shape index (κ2) is 4.11. The van der Waals surface area contributed by atoms with Gasteiger partial charge in [-0.15, -0.1) is 0 Å². The van der Waals surface area contributed by atoms with Gasteiger partial charge >= 0.3 is 0 Å². The summed E-state index contributed by atoms with van der Waals surface area (Å²) in [6, 6.07) is 0. The van der Waals surface area contributed by atoms with Crippen molar-refractivity contribution in [1.82, 2.24) is 9.97 Å². The van der Waals surface area contributed by atoms with Crippen molar-refractivity contribution >= 4 is 11.6 Å². The summed E-state index contributed by atoms with van der Waals surface area (Å²) in [4.78, 5) is 8.20. The molecule has 1 heterocycles. The van der Waals surface area contributed by atoms with Gasteiger partial charge in [0, 0.05) is 7.11 Å². The second-order valence-corrected chi connectivity index (χ2v) is 3.63. The molecule has 0 radical (unpaired) electrons. The Morgan fingerprint density at radius 3 is 2.43 bits per heavy atom. The average Bonchev–Trinajstić information content (AvgIpc) is 2.17. The molecule has 1 aromatic heterocycles. The predicted molar refractivity (Wildman–Crippen MR) is 53.6 cm³/mol. The Kier molecular flexibility index (Phi) is 3.29. The van der Waals surface area contributed by atoms with E-state index in [2.05, 4.69) is 9.97 Å². The minimum atomic E-state index is -0.546. The lowest BCUT2D eigenvalue weighted by atomic mass is 10.1. The SMILES string of the molecule is COc1cnc(C(C)(C)OC)nc1Cl. The summed E-state index contributed by atoms with van der Waals surface area (Å²) in [6.45, 7) is 3.73. The molecule has 78 valence electrons. The molecule has 0 fully saturated rings. The molecular formula is C9H13ClN2O2. The monoisotopic (exact) mass is 216 g/mol. The van der Waals surface area contributed by atoms with E-state index in [0.29, 0.717) is 16.7 Å². The van der Waals surface area contributed by atoms with E-state index in [0.717, 1.165) is 0 Å². The molecule has 0 saturated carbocycles. The molecule has 14 heavy (non-hydrogen) atoms. The molecule has 0 aliphatic rings. The average molecular weight is 217 g/mol. The maximum atomic E-state index is 5.86. The molecule has 0 saturated heterocycles. The van der Waals surface area contributed by atoms with Gasteiger partial charge in [0.25, 0.3) is 0 Å². The van der Waals surface area contributed by atoms with E-state index in [-0.39, 0.29) is 0 Å². The molecule has 1 aromatic rings. The third-order valence-electron chi connectivity index (χ3n) is 1.98. The fraction of sp³-hybridized carbons (Fsp3) is 0.556. The van der Waals surface area contributed by atoms with Gasteiger partial charge in [-0.3, -0.25) is 0 Å². The van der Waals surface area contributed by atoms with E-state index < -0.39 is 5.60 Å². The van der Waals surface area contributed by atoms with E-state index in [9.17, 15) is 0 Å². The smallest absolute Gasteiger partial charge is 0.174 e. The van der Waals surface area contributed by atoms with Crippen LogP contribution in [0.25, 0.3) is 0 Å². The first-order valence-corrected chi connectivity index (χ1v) is 4.51. The fourth-order valence-corrected chi connectivity index (χ4v) is 1.07. The van der Waals surface area contributed by atoms with E-state index >= 15 is 0 Å². The number of halogens is 1. The largest absolute Gasteiger partial charge is 0.492 e. The Balaban J connectivity index is 3.08. The van der Waals surface area contributed by atoms with E-state index in [1.807, 2.05) is 13.8 Å². The van der Waals surface area contributed by atoms with Crippen LogP contribution in [0.4, 0.5) is 0 Å². The van der Waals surface area contributed by atoms with Crippen LogP contribution in [0.3, 0.4) is 0 Å². The van der Waals surface area contributed by atoms with Crippen LogP contribution >= 0.6 is 11.6 Å². The molecule has 0 aliphatic carbocycles. The maximum absolute atomic E-state index is 5.86. The van der Waals surface area contributed by atoms with Crippen LogP contribution in [-0.4, -0.2) is 24.2 Å². The van der Waals surface area contributed by atoms with Crippen molar-refractivity contribution in [3.63, 3.8) is 0 Å². The highest BCUT2D eigenvalue weighted by Crippen LogP contribution is 2.25. The second-order valence-electron chi connectivity index (χ2n) is 3.27. The molecule has 0 bridgehead atoms. The van der Waals surface area contributed by atoms with Crippen molar-refractivity contribution in [3.8, 4) is 5.75 Å². The van der Waals surface area contributed by atoms with Crippen LogP contribution in [0, 0.1) is 0 Å². The van der Waals surface area contributed by atoms with Gasteiger partial charge in [-0.2, -0.15) is 0 Å². The quantitative estimate of drug-likeness (QED) is 0.726. The van der Waals surface area contributed by atoms with Gasteiger partial charge in [-0.1, -0.05) is 11.6 Å². The topological polar surface area (TPSA) is 44.2 Å². The van der Waals surface area contributed by atoms with Gasteiger partial charge in [0.05, 0.1) is 13.3 Å². The van der Waals surface area contributed by atoms with Crippen molar-refractivity contribution in [3.05, 3.63) is 17.2 Å². The Morgan fingerprint density at radius 2 is 2.00 bits per heavy atom. The lowest BCUT2D eigenvalue weighted by Crippen LogP contribution is -2.22. The van der Waals surface area contributed by atoms with Gasteiger partial charge in [-0.25, -0.2) is 9.97 Å². The van der Waals surface area contributed by atoms with E-state index in [4.69, 9.17) is 21.1 Å². The highest BCUT2D eigenvalue weighted by molar-refractivity contribution is 6.30. The summed E-state index contributed by atoms with van der Waals surface area (Å²) in [5.41, 5.74) is -0.546. The summed E-state index contributed by atoms with van der Waals surface area (Å²) in [7, 11) is 3.12. The van der Waals surface area contributed by atoms with Gasteiger partial charge in [0.15, 0.2) is 16.7 Å². The van der Waals surface area contributed by atoms with Crippen molar-refractivity contribution in [2.75, 3.05) is 14.2 Å². The van der Waals surface area contributed by atoms with Gasteiger partial charge in [0.1, 0.15) is 5.60 Å². The van der Waals surface area contributed by atoms with Gasteiger partial charge in [0.2, 0.25) is 0 Å². The van der Waals surface area contributed by atoms with Crippen LogP contribution < -0.4 is 4.74 Å². The summed E-state index contributed by atoms with van der Waals surface area (Å²) >= 11 is 5.86. The zero-order chi connectivity index (χ0) is 10.8. The number of hydrogen-bond acceptors (Lipinski definition) is 4. The molecule has 0 atom stereocenters. The van der Waals surface area contributed by atoms with Crippen LogP contribution in [0.15, 0.2) is 6.20 Å². The molecule has 0 aliphatic heterocycles. The summed E-state index contributed by atoms with van der Waals surface area (Å²) < 4.78 is 10.2. The number of ether oxygens (including phenoxy) is 2. The predicted octanol–water partition coefficient (Wildman–Crippen LogP) is 2.02. The highest BCUT2D eigenvalue weighted by atomic mass is 35.5. The number of nitrogens with zero attached hydrogens (tertiary/aromatic N) is 2. The highest BCUT2D eigenvalue weighted by Gasteiger charge is 2.24. The lowest BCUT2D eigenvalue weighted by molar-refractivity contribution is 0.0114. The molecule has 0 N–H and O–H groups in total.